The number of rotatable bonds is 9. The molecule has 4 N–H and O–H groups in total. The van der Waals surface area contributed by atoms with Crippen molar-refractivity contribution >= 4 is 23.5 Å². The lowest BCUT2D eigenvalue weighted by atomic mass is 9.97. The quantitative estimate of drug-likeness (QED) is 0.304. The number of hydrogen-bond acceptors (Lipinski definition) is 5. The summed E-state index contributed by atoms with van der Waals surface area (Å²) in [4.78, 5) is 25.2. The Kier molecular flexibility index (Phi) is 9.85. The van der Waals surface area contributed by atoms with E-state index in [1.807, 2.05) is 13.8 Å². The molecule has 1 aromatic rings. The van der Waals surface area contributed by atoms with Gasteiger partial charge in [0.2, 0.25) is 5.91 Å². The van der Waals surface area contributed by atoms with E-state index in [1.165, 1.54) is 7.05 Å². The molecule has 0 aromatic heterocycles. The molecule has 1 aromatic carbocycles. The van der Waals surface area contributed by atoms with Crippen LogP contribution in [0.1, 0.15) is 50.2 Å². The number of nitrogens with zero attached hydrogens (tertiary/aromatic N) is 1. The van der Waals surface area contributed by atoms with Gasteiger partial charge in [-0.3, -0.25) is 20.5 Å². The third-order valence-electron chi connectivity index (χ3n) is 5.86. The van der Waals surface area contributed by atoms with Crippen molar-refractivity contribution in [3.8, 4) is 0 Å². The number of ether oxygens (including phenoxy) is 1. The molecule has 0 aliphatic carbocycles. The monoisotopic (exact) mass is 495 g/mol. The Bertz CT molecular complexity index is 960. The van der Waals surface area contributed by atoms with Crippen LogP contribution < -0.4 is 10.6 Å². The highest BCUT2D eigenvalue weighted by molar-refractivity contribution is 6.07. The minimum absolute atomic E-state index is 0.0802. The molecule has 1 aliphatic heterocycles. The van der Waals surface area contributed by atoms with Gasteiger partial charge in [-0.2, -0.15) is 13.2 Å². The van der Waals surface area contributed by atoms with Crippen molar-refractivity contribution < 1.29 is 27.5 Å². The van der Waals surface area contributed by atoms with E-state index in [9.17, 15) is 22.8 Å². The number of benzene rings is 1. The Morgan fingerprint density at radius 2 is 1.89 bits per heavy atom. The molecule has 11 heteroatoms. The number of halogens is 3. The predicted molar refractivity (Wildman–Crippen MR) is 127 cm³/mol. The molecule has 0 spiro atoms. The van der Waals surface area contributed by atoms with Gasteiger partial charge in [0.1, 0.15) is 18.2 Å². The summed E-state index contributed by atoms with van der Waals surface area (Å²) in [6, 6.07) is 5.90. The lowest BCUT2D eigenvalue weighted by Gasteiger charge is -2.25. The van der Waals surface area contributed by atoms with Gasteiger partial charge in [-0.05, 0) is 30.4 Å². The van der Waals surface area contributed by atoms with E-state index in [0.29, 0.717) is 12.0 Å². The summed E-state index contributed by atoms with van der Waals surface area (Å²) in [7, 11) is 1.52. The van der Waals surface area contributed by atoms with Gasteiger partial charge in [-0.1, -0.05) is 38.1 Å². The molecule has 0 bridgehead atoms. The van der Waals surface area contributed by atoms with Crippen molar-refractivity contribution in [1.29, 1.82) is 10.8 Å². The second-order valence-electron chi connectivity index (χ2n) is 8.36. The van der Waals surface area contributed by atoms with Crippen molar-refractivity contribution in [2.75, 3.05) is 26.7 Å². The van der Waals surface area contributed by atoms with Crippen molar-refractivity contribution in [3.63, 3.8) is 0 Å². The van der Waals surface area contributed by atoms with Crippen LogP contribution in [-0.4, -0.2) is 61.3 Å². The number of allylic oxidation sites excluding steroid dienone is 1. The second kappa shape index (κ2) is 12.4. The summed E-state index contributed by atoms with van der Waals surface area (Å²) in [6.45, 7) is 3.12. The van der Waals surface area contributed by atoms with Crippen molar-refractivity contribution in [2.45, 2.75) is 45.2 Å². The van der Waals surface area contributed by atoms with E-state index in [0.717, 1.165) is 16.9 Å². The molecule has 2 unspecified atom stereocenters. The van der Waals surface area contributed by atoms with E-state index in [1.54, 1.807) is 30.3 Å². The fourth-order valence-corrected chi connectivity index (χ4v) is 3.42. The summed E-state index contributed by atoms with van der Waals surface area (Å²) < 4.78 is 44.1. The normalized spacial score (nSPS) is 16.4. The minimum atomic E-state index is -4.51. The number of amides is 3. The van der Waals surface area contributed by atoms with Crippen molar-refractivity contribution in [2.24, 2.45) is 5.92 Å². The molecule has 0 saturated heterocycles. The first kappa shape index (κ1) is 27.9. The van der Waals surface area contributed by atoms with Crippen molar-refractivity contribution in [1.82, 2.24) is 15.5 Å². The molecular weight excluding hydrogens is 463 g/mol. The van der Waals surface area contributed by atoms with Crippen molar-refractivity contribution in [3.05, 3.63) is 47.2 Å². The van der Waals surface area contributed by atoms with Gasteiger partial charge in [0.25, 0.3) is 0 Å². The summed E-state index contributed by atoms with van der Waals surface area (Å²) in [5.41, 5.74) is 1.25. The average Bonchev–Trinajstić information content (AvgIpc) is 2.85. The fourth-order valence-electron chi connectivity index (χ4n) is 3.42. The van der Waals surface area contributed by atoms with Crippen LogP contribution in [-0.2, 0) is 9.53 Å². The Morgan fingerprint density at radius 1 is 1.23 bits per heavy atom. The van der Waals surface area contributed by atoms with Crippen LogP contribution in [0.25, 0.3) is 0 Å². The van der Waals surface area contributed by atoms with Gasteiger partial charge < -0.3 is 15.4 Å². The first-order valence-electron chi connectivity index (χ1n) is 11.4. The zero-order chi connectivity index (χ0) is 26.2. The summed E-state index contributed by atoms with van der Waals surface area (Å²) in [6.07, 6.45) is -2.94. The lowest BCUT2D eigenvalue weighted by molar-refractivity contribution is -0.135. The van der Waals surface area contributed by atoms with Crippen LogP contribution in [0.2, 0.25) is 0 Å². The van der Waals surface area contributed by atoms with Gasteiger partial charge in [0.05, 0.1) is 24.6 Å². The molecule has 1 heterocycles. The summed E-state index contributed by atoms with van der Waals surface area (Å²) in [5.74, 6) is -0.442. The maximum atomic E-state index is 12.9. The number of urea groups is 1. The lowest BCUT2D eigenvalue weighted by Crippen LogP contribution is -2.47. The summed E-state index contributed by atoms with van der Waals surface area (Å²) >= 11 is 0. The molecule has 35 heavy (non-hydrogen) atoms. The Labute approximate surface area is 202 Å². The molecule has 2 rings (SSSR count). The second-order valence-corrected chi connectivity index (χ2v) is 8.36. The van der Waals surface area contributed by atoms with E-state index in [-0.39, 0.29) is 48.2 Å². The third kappa shape index (κ3) is 8.11. The highest BCUT2D eigenvalue weighted by atomic mass is 19.4. The molecule has 0 radical (unpaired) electrons. The Morgan fingerprint density at radius 3 is 2.40 bits per heavy atom. The molecule has 0 saturated carbocycles. The smallest absolute Gasteiger partial charge is 0.390 e. The van der Waals surface area contributed by atoms with Gasteiger partial charge in [-0.25, -0.2) is 4.79 Å². The standard InChI is InChI=1S/C24H32F3N5O3/c1-4-15(2)16-5-7-17(8-6-16)21(29)32(12-11-24(25,26)27)23(34)31-13-19(28)20-10-9-18(14-35-20)22(33)30-3/h5-8,10,15,18,28-29H,4,9,11-14H2,1-3H3,(H,30,33)(H,31,34). The van der Waals surface area contributed by atoms with Crippen LogP contribution in [0, 0.1) is 16.7 Å². The number of alkyl halides is 3. The molecule has 2 atom stereocenters. The molecule has 3 amide bonds. The van der Waals surface area contributed by atoms with Crippen LogP contribution in [0.5, 0.6) is 0 Å². The fraction of sp³-hybridized carbons (Fsp3) is 0.500. The molecule has 8 nitrogen and oxygen atoms in total. The number of carbonyl (C=O) groups is 2. The Balaban J connectivity index is 2.07. The van der Waals surface area contributed by atoms with Crippen LogP contribution in [0.15, 0.2) is 36.1 Å². The molecule has 0 fully saturated rings. The van der Waals surface area contributed by atoms with Crippen LogP contribution >= 0.6 is 0 Å². The van der Waals surface area contributed by atoms with E-state index in [4.69, 9.17) is 15.6 Å². The van der Waals surface area contributed by atoms with Gasteiger partial charge in [-0.15, -0.1) is 0 Å². The Hall–Kier alpha value is -3.37. The van der Waals surface area contributed by atoms with E-state index in [2.05, 4.69) is 10.6 Å². The average molecular weight is 496 g/mol. The van der Waals surface area contributed by atoms with Gasteiger partial charge in [0, 0.05) is 19.2 Å². The first-order chi connectivity index (χ1) is 16.5. The number of carbonyl (C=O) groups excluding carboxylic acids is 2. The van der Waals surface area contributed by atoms with Gasteiger partial charge in [0.15, 0.2) is 0 Å². The highest BCUT2D eigenvalue weighted by Crippen LogP contribution is 2.22. The van der Waals surface area contributed by atoms with E-state index < -0.39 is 25.2 Å². The van der Waals surface area contributed by atoms with Crippen LogP contribution in [0.3, 0.4) is 0 Å². The molecule has 192 valence electrons. The highest BCUT2D eigenvalue weighted by Gasteiger charge is 2.31. The van der Waals surface area contributed by atoms with E-state index >= 15 is 0 Å². The largest absolute Gasteiger partial charge is 0.491 e. The maximum Gasteiger partial charge on any atom is 0.390 e. The zero-order valence-electron chi connectivity index (χ0n) is 20.1. The van der Waals surface area contributed by atoms with Crippen LogP contribution in [0.4, 0.5) is 18.0 Å². The van der Waals surface area contributed by atoms with Gasteiger partial charge >= 0.3 is 12.2 Å². The number of amidine groups is 1. The summed E-state index contributed by atoms with van der Waals surface area (Å²) in [5, 5.41) is 21.4. The first-order valence-corrected chi connectivity index (χ1v) is 11.4. The zero-order valence-corrected chi connectivity index (χ0v) is 20.1. The third-order valence-corrected chi connectivity index (χ3v) is 5.86. The minimum Gasteiger partial charge on any atom is -0.491 e. The SMILES string of the molecule is CCC(C)c1ccc(C(=N)N(CCC(F)(F)F)C(=O)NCC(=N)C2=CCC(C(=O)NC)CO2)cc1. The molecule has 1 aliphatic rings. The number of nitrogens with one attached hydrogen (secondary N) is 4. The predicted octanol–water partition coefficient (Wildman–Crippen LogP) is 4.18. The molecular formula is C24H32F3N5O3. The topological polar surface area (TPSA) is 118 Å². The maximum absolute atomic E-state index is 12.9. The number of hydrogen-bond donors (Lipinski definition) is 4.